The van der Waals surface area contributed by atoms with Gasteiger partial charge in [0.1, 0.15) is 23.2 Å². The normalized spacial score (nSPS) is 14.3. The van der Waals surface area contributed by atoms with E-state index in [1.54, 1.807) is 37.6 Å². The van der Waals surface area contributed by atoms with Crippen LogP contribution in [0.3, 0.4) is 0 Å². The van der Waals surface area contributed by atoms with E-state index in [9.17, 15) is 13.6 Å². The van der Waals surface area contributed by atoms with Crippen molar-refractivity contribution in [2.75, 3.05) is 43.5 Å². The summed E-state index contributed by atoms with van der Waals surface area (Å²) in [6, 6.07) is 14.3. The lowest BCUT2D eigenvalue weighted by Gasteiger charge is -2.35. The number of anilines is 2. The average Bonchev–Trinajstić information content (AvgIpc) is 2.82. The van der Waals surface area contributed by atoms with Crippen LogP contribution in [0.25, 0.3) is 0 Å². The van der Waals surface area contributed by atoms with E-state index in [-0.39, 0.29) is 5.91 Å². The van der Waals surface area contributed by atoms with Gasteiger partial charge in [-0.15, -0.1) is 0 Å². The first kappa shape index (κ1) is 21.7. The molecule has 1 aliphatic heterocycles. The minimum Gasteiger partial charge on any atom is -0.497 e. The predicted molar refractivity (Wildman–Crippen MR) is 119 cm³/mol. The fourth-order valence-corrected chi connectivity index (χ4v) is 3.64. The third-order valence-corrected chi connectivity index (χ3v) is 5.44. The Labute approximate surface area is 185 Å². The third kappa shape index (κ3) is 5.20. The van der Waals surface area contributed by atoms with Crippen molar-refractivity contribution >= 4 is 17.4 Å². The lowest BCUT2D eigenvalue weighted by molar-refractivity contribution is 0.102. The Morgan fingerprint density at radius 2 is 1.88 bits per heavy atom. The molecule has 1 aromatic heterocycles. The Bertz CT molecular complexity index is 1080. The van der Waals surface area contributed by atoms with Gasteiger partial charge < -0.3 is 15.0 Å². The van der Waals surface area contributed by atoms with E-state index in [1.165, 1.54) is 12.1 Å². The van der Waals surface area contributed by atoms with E-state index in [2.05, 4.69) is 20.1 Å². The first-order valence-corrected chi connectivity index (χ1v) is 10.3. The summed E-state index contributed by atoms with van der Waals surface area (Å²) in [5.41, 5.74) is 1.60. The summed E-state index contributed by atoms with van der Waals surface area (Å²) in [7, 11) is 1.56. The highest BCUT2D eigenvalue weighted by molar-refractivity contribution is 6.04. The number of hydrogen-bond donors (Lipinski definition) is 1. The SMILES string of the molecule is COc1cccc(C(=O)Nc2ccc(N3CCN(Cc4ccc(F)cc4F)CC3)nc2)c1. The molecule has 2 heterocycles. The van der Waals surface area contributed by atoms with E-state index in [1.807, 2.05) is 12.1 Å². The largest absolute Gasteiger partial charge is 0.497 e. The molecule has 0 spiro atoms. The quantitative estimate of drug-likeness (QED) is 0.632. The zero-order valence-electron chi connectivity index (χ0n) is 17.7. The number of hydrogen-bond acceptors (Lipinski definition) is 5. The molecule has 8 heteroatoms. The molecule has 2 aromatic carbocycles. The van der Waals surface area contributed by atoms with Crippen LogP contribution in [0.5, 0.6) is 5.75 Å². The second kappa shape index (κ2) is 9.74. The van der Waals surface area contributed by atoms with Crippen molar-refractivity contribution in [2.45, 2.75) is 6.54 Å². The average molecular weight is 438 g/mol. The molecule has 0 unspecified atom stereocenters. The maximum atomic E-state index is 13.9. The van der Waals surface area contributed by atoms with Gasteiger partial charge in [-0.05, 0) is 36.4 Å². The third-order valence-electron chi connectivity index (χ3n) is 5.44. The van der Waals surface area contributed by atoms with E-state index in [0.717, 1.165) is 38.1 Å². The maximum absolute atomic E-state index is 13.9. The van der Waals surface area contributed by atoms with Crippen LogP contribution in [-0.2, 0) is 6.54 Å². The lowest BCUT2D eigenvalue weighted by Crippen LogP contribution is -2.46. The van der Waals surface area contributed by atoms with Crippen LogP contribution in [0, 0.1) is 11.6 Å². The lowest BCUT2D eigenvalue weighted by atomic mass is 10.1. The maximum Gasteiger partial charge on any atom is 0.255 e. The summed E-state index contributed by atoms with van der Waals surface area (Å²) in [6.45, 7) is 3.42. The fraction of sp³-hybridized carbons (Fsp3) is 0.250. The second-order valence-corrected chi connectivity index (χ2v) is 7.59. The van der Waals surface area contributed by atoms with Crippen molar-refractivity contribution < 1.29 is 18.3 Å². The number of amides is 1. The molecule has 166 valence electrons. The van der Waals surface area contributed by atoms with Crippen LogP contribution < -0.4 is 15.0 Å². The van der Waals surface area contributed by atoms with Gasteiger partial charge in [-0.2, -0.15) is 0 Å². The Morgan fingerprint density at radius 3 is 2.56 bits per heavy atom. The molecule has 1 aliphatic rings. The van der Waals surface area contributed by atoms with Crippen LogP contribution in [-0.4, -0.2) is 49.1 Å². The van der Waals surface area contributed by atoms with Crippen LogP contribution in [0.1, 0.15) is 15.9 Å². The highest BCUT2D eigenvalue weighted by Crippen LogP contribution is 2.19. The molecular weight excluding hydrogens is 414 g/mol. The number of carbonyl (C=O) groups is 1. The topological polar surface area (TPSA) is 57.7 Å². The number of nitrogens with one attached hydrogen (secondary N) is 1. The Kier molecular flexibility index (Phi) is 6.61. The molecule has 3 aromatic rings. The number of carbonyl (C=O) groups excluding carboxylic acids is 1. The minimum atomic E-state index is -0.565. The number of piperazine rings is 1. The van der Waals surface area contributed by atoms with E-state index < -0.39 is 11.6 Å². The van der Waals surface area contributed by atoms with Crippen LogP contribution in [0.2, 0.25) is 0 Å². The standard InChI is InChI=1S/C24H24F2N4O2/c1-32-21-4-2-3-17(13-21)24(31)28-20-7-8-23(27-15-20)30-11-9-29(10-12-30)16-18-5-6-19(25)14-22(18)26/h2-8,13-15H,9-12,16H2,1H3,(H,28,31). The van der Waals surface area contributed by atoms with Gasteiger partial charge in [0.15, 0.2) is 0 Å². The van der Waals surface area contributed by atoms with Gasteiger partial charge in [-0.1, -0.05) is 12.1 Å². The van der Waals surface area contributed by atoms with Crippen molar-refractivity contribution in [1.29, 1.82) is 0 Å². The van der Waals surface area contributed by atoms with Gasteiger partial charge in [0.05, 0.1) is 19.0 Å². The molecule has 0 saturated carbocycles. The molecule has 1 fully saturated rings. The Balaban J connectivity index is 1.31. The number of halogens is 2. The monoisotopic (exact) mass is 438 g/mol. The summed E-state index contributed by atoms with van der Waals surface area (Å²) in [6.07, 6.45) is 1.63. The highest BCUT2D eigenvalue weighted by atomic mass is 19.1. The smallest absolute Gasteiger partial charge is 0.255 e. The van der Waals surface area contributed by atoms with Crippen LogP contribution in [0.4, 0.5) is 20.3 Å². The molecule has 0 atom stereocenters. The molecule has 0 bridgehead atoms. The van der Waals surface area contributed by atoms with E-state index in [0.29, 0.717) is 29.1 Å². The summed E-state index contributed by atoms with van der Waals surface area (Å²) in [5, 5.41) is 2.84. The van der Waals surface area contributed by atoms with E-state index >= 15 is 0 Å². The van der Waals surface area contributed by atoms with Crippen molar-refractivity contribution in [1.82, 2.24) is 9.88 Å². The summed E-state index contributed by atoms with van der Waals surface area (Å²) >= 11 is 0. The van der Waals surface area contributed by atoms with Gasteiger partial charge in [0.25, 0.3) is 5.91 Å². The molecule has 4 rings (SSSR count). The number of pyridine rings is 1. The zero-order valence-corrected chi connectivity index (χ0v) is 17.7. The second-order valence-electron chi connectivity index (χ2n) is 7.59. The zero-order chi connectivity index (χ0) is 22.5. The molecule has 1 amide bonds. The number of ether oxygens (including phenoxy) is 1. The Hall–Kier alpha value is -3.52. The van der Waals surface area contributed by atoms with Gasteiger partial charge in [-0.25, -0.2) is 13.8 Å². The fourth-order valence-electron chi connectivity index (χ4n) is 3.64. The van der Waals surface area contributed by atoms with Crippen molar-refractivity contribution in [3.63, 3.8) is 0 Å². The molecule has 0 radical (unpaired) electrons. The number of aromatic nitrogens is 1. The van der Waals surface area contributed by atoms with E-state index in [4.69, 9.17) is 4.74 Å². The first-order valence-electron chi connectivity index (χ1n) is 10.3. The minimum absolute atomic E-state index is 0.236. The number of rotatable bonds is 6. The molecule has 1 N–H and O–H groups in total. The molecule has 1 saturated heterocycles. The summed E-state index contributed by atoms with van der Waals surface area (Å²) in [4.78, 5) is 21.2. The van der Waals surface area contributed by atoms with Crippen molar-refractivity contribution in [3.05, 3.63) is 83.6 Å². The Morgan fingerprint density at radius 1 is 1.06 bits per heavy atom. The number of benzene rings is 2. The molecule has 0 aliphatic carbocycles. The highest BCUT2D eigenvalue weighted by Gasteiger charge is 2.19. The predicted octanol–water partition coefficient (Wildman–Crippen LogP) is 3.94. The molecular formula is C24H24F2N4O2. The number of nitrogens with zero attached hydrogens (tertiary/aromatic N) is 3. The van der Waals surface area contributed by atoms with Crippen molar-refractivity contribution in [2.24, 2.45) is 0 Å². The number of methoxy groups -OCH3 is 1. The first-order chi connectivity index (χ1) is 15.5. The summed E-state index contributed by atoms with van der Waals surface area (Å²) < 4.78 is 32.1. The molecule has 32 heavy (non-hydrogen) atoms. The van der Waals surface area contributed by atoms with Gasteiger partial charge >= 0.3 is 0 Å². The van der Waals surface area contributed by atoms with Crippen LogP contribution in [0.15, 0.2) is 60.8 Å². The van der Waals surface area contributed by atoms with Gasteiger partial charge in [0.2, 0.25) is 0 Å². The van der Waals surface area contributed by atoms with Gasteiger partial charge in [-0.3, -0.25) is 9.69 Å². The van der Waals surface area contributed by atoms with Gasteiger partial charge in [0, 0.05) is 49.9 Å². The van der Waals surface area contributed by atoms with Crippen LogP contribution >= 0.6 is 0 Å². The van der Waals surface area contributed by atoms with Crippen molar-refractivity contribution in [3.8, 4) is 5.75 Å². The molecule has 6 nitrogen and oxygen atoms in total. The summed E-state index contributed by atoms with van der Waals surface area (Å²) in [5.74, 6) is 0.121.